The second-order valence-corrected chi connectivity index (χ2v) is 5.74. The van der Waals surface area contributed by atoms with Gasteiger partial charge >= 0.3 is 0 Å². The highest BCUT2D eigenvalue weighted by atomic mass is 35.5. The maximum atomic E-state index is 6.34. The standard InChI is InChI=1S/C19H18ClN/c1-13-7-8-14(12-21-2)18(11-13)16-9-10-19(20)17-6-4-3-5-15(16)17/h3-11,21H,12H2,1-2H3. The van der Waals surface area contributed by atoms with Crippen molar-refractivity contribution in [2.45, 2.75) is 13.5 Å². The van der Waals surface area contributed by atoms with Gasteiger partial charge in [-0.15, -0.1) is 0 Å². The second-order valence-electron chi connectivity index (χ2n) is 5.33. The van der Waals surface area contributed by atoms with Crippen LogP contribution in [0.25, 0.3) is 21.9 Å². The molecule has 1 N–H and O–H groups in total. The first-order valence-electron chi connectivity index (χ1n) is 7.12. The lowest BCUT2D eigenvalue weighted by Crippen LogP contribution is -2.06. The molecule has 2 heteroatoms. The molecular formula is C19H18ClN. The van der Waals surface area contributed by atoms with Crippen LogP contribution in [-0.2, 0) is 6.54 Å². The van der Waals surface area contributed by atoms with Crippen molar-refractivity contribution in [3.63, 3.8) is 0 Å². The number of aryl methyl sites for hydroxylation is 1. The summed E-state index contributed by atoms with van der Waals surface area (Å²) in [4.78, 5) is 0. The molecule has 0 aliphatic rings. The molecule has 21 heavy (non-hydrogen) atoms. The third-order valence-corrected chi connectivity index (χ3v) is 4.12. The van der Waals surface area contributed by atoms with Gasteiger partial charge in [-0.05, 0) is 42.1 Å². The first-order valence-corrected chi connectivity index (χ1v) is 7.50. The molecule has 3 aromatic rings. The van der Waals surface area contributed by atoms with Crippen LogP contribution in [-0.4, -0.2) is 7.05 Å². The Bertz CT molecular complexity index is 793. The predicted octanol–water partition coefficient (Wildman–Crippen LogP) is 5.19. The Labute approximate surface area is 130 Å². The van der Waals surface area contributed by atoms with E-state index in [1.807, 2.05) is 19.2 Å². The molecule has 0 unspecified atom stereocenters. The highest BCUT2D eigenvalue weighted by Gasteiger charge is 2.10. The Hall–Kier alpha value is -1.83. The Kier molecular flexibility index (Phi) is 3.96. The van der Waals surface area contributed by atoms with Crippen molar-refractivity contribution in [2.24, 2.45) is 0 Å². The van der Waals surface area contributed by atoms with Gasteiger partial charge in [-0.25, -0.2) is 0 Å². The number of fused-ring (bicyclic) bond motifs is 1. The number of halogens is 1. The zero-order chi connectivity index (χ0) is 14.8. The van der Waals surface area contributed by atoms with Crippen LogP contribution in [0, 0.1) is 6.92 Å². The molecule has 0 saturated heterocycles. The molecule has 3 rings (SSSR count). The van der Waals surface area contributed by atoms with Crippen LogP contribution in [0.3, 0.4) is 0 Å². The topological polar surface area (TPSA) is 12.0 Å². The molecule has 0 aliphatic carbocycles. The summed E-state index contributed by atoms with van der Waals surface area (Å²) in [7, 11) is 1.98. The monoisotopic (exact) mass is 295 g/mol. The van der Waals surface area contributed by atoms with Crippen molar-refractivity contribution in [3.8, 4) is 11.1 Å². The van der Waals surface area contributed by atoms with Gasteiger partial charge in [-0.2, -0.15) is 0 Å². The van der Waals surface area contributed by atoms with E-state index in [2.05, 4.69) is 54.7 Å². The van der Waals surface area contributed by atoms with E-state index in [9.17, 15) is 0 Å². The molecule has 106 valence electrons. The van der Waals surface area contributed by atoms with Gasteiger partial charge in [0.25, 0.3) is 0 Å². The van der Waals surface area contributed by atoms with Gasteiger partial charge in [0.05, 0.1) is 0 Å². The van der Waals surface area contributed by atoms with Gasteiger partial charge < -0.3 is 5.32 Å². The molecule has 1 nitrogen and oxygen atoms in total. The smallest absolute Gasteiger partial charge is 0.0484 e. The molecule has 0 amide bonds. The zero-order valence-electron chi connectivity index (χ0n) is 12.3. The number of hydrogen-bond donors (Lipinski definition) is 1. The Morgan fingerprint density at radius 3 is 2.43 bits per heavy atom. The molecule has 0 spiro atoms. The molecule has 3 aromatic carbocycles. The SMILES string of the molecule is CNCc1ccc(C)cc1-c1ccc(Cl)c2ccccc12. The Morgan fingerprint density at radius 2 is 1.67 bits per heavy atom. The van der Waals surface area contributed by atoms with Crippen LogP contribution >= 0.6 is 11.6 Å². The first kappa shape index (κ1) is 14.1. The lowest BCUT2D eigenvalue weighted by molar-refractivity contribution is 0.819. The summed E-state index contributed by atoms with van der Waals surface area (Å²) in [5.74, 6) is 0. The molecule has 0 aromatic heterocycles. The van der Waals surface area contributed by atoms with Crippen molar-refractivity contribution in [2.75, 3.05) is 7.05 Å². The van der Waals surface area contributed by atoms with Crippen LogP contribution in [0.2, 0.25) is 5.02 Å². The number of nitrogens with one attached hydrogen (secondary N) is 1. The van der Waals surface area contributed by atoms with E-state index in [4.69, 9.17) is 11.6 Å². The van der Waals surface area contributed by atoms with E-state index in [0.29, 0.717) is 0 Å². The largest absolute Gasteiger partial charge is 0.316 e. The molecule has 0 heterocycles. The Morgan fingerprint density at radius 1 is 0.905 bits per heavy atom. The predicted molar refractivity (Wildman–Crippen MR) is 91.9 cm³/mol. The minimum absolute atomic E-state index is 0.803. The second kappa shape index (κ2) is 5.88. The lowest BCUT2D eigenvalue weighted by Gasteiger charge is -2.14. The van der Waals surface area contributed by atoms with Crippen molar-refractivity contribution in [1.29, 1.82) is 0 Å². The minimum atomic E-state index is 0.803. The van der Waals surface area contributed by atoms with E-state index in [1.165, 1.54) is 27.6 Å². The lowest BCUT2D eigenvalue weighted by atomic mass is 9.93. The summed E-state index contributed by atoms with van der Waals surface area (Å²) in [6.07, 6.45) is 0. The van der Waals surface area contributed by atoms with Gasteiger partial charge in [0, 0.05) is 17.0 Å². The minimum Gasteiger partial charge on any atom is -0.316 e. The fourth-order valence-electron chi connectivity index (χ4n) is 2.78. The van der Waals surface area contributed by atoms with E-state index in [-0.39, 0.29) is 0 Å². The summed E-state index contributed by atoms with van der Waals surface area (Å²) in [5, 5.41) is 6.36. The summed E-state index contributed by atoms with van der Waals surface area (Å²) in [6.45, 7) is 2.98. The maximum Gasteiger partial charge on any atom is 0.0484 e. The number of hydrogen-bond acceptors (Lipinski definition) is 1. The first-order chi connectivity index (χ1) is 10.2. The van der Waals surface area contributed by atoms with Crippen LogP contribution in [0.1, 0.15) is 11.1 Å². The summed E-state index contributed by atoms with van der Waals surface area (Å²) in [5.41, 5.74) is 5.08. The number of rotatable bonds is 3. The van der Waals surface area contributed by atoms with E-state index >= 15 is 0 Å². The normalized spacial score (nSPS) is 11.0. The van der Waals surface area contributed by atoms with Crippen LogP contribution < -0.4 is 5.32 Å². The average Bonchev–Trinajstić information content (AvgIpc) is 2.50. The quantitative estimate of drug-likeness (QED) is 0.701. The molecule has 0 bridgehead atoms. The van der Waals surface area contributed by atoms with Crippen molar-refractivity contribution < 1.29 is 0 Å². The molecule has 0 radical (unpaired) electrons. The summed E-state index contributed by atoms with van der Waals surface area (Å²) >= 11 is 6.34. The third-order valence-electron chi connectivity index (χ3n) is 3.79. The van der Waals surface area contributed by atoms with Crippen molar-refractivity contribution >= 4 is 22.4 Å². The van der Waals surface area contributed by atoms with Crippen molar-refractivity contribution in [1.82, 2.24) is 5.32 Å². The highest BCUT2D eigenvalue weighted by molar-refractivity contribution is 6.36. The third kappa shape index (κ3) is 2.67. The zero-order valence-corrected chi connectivity index (χ0v) is 13.0. The van der Waals surface area contributed by atoms with Crippen LogP contribution in [0.15, 0.2) is 54.6 Å². The molecule has 0 atom stereocenters. The van der Waals surface area contributed by atoms with Gasteiger partial charge in [-0.3, -0.25) is 0 Å². The summed E-state index contributed by atoms with van der Waals surface area (Å²) in [6, 6.07) is 19.0. The summed E-state index contributed by atoms with van der Waals surface area (Å²) < 4.78 is 0. The van der Waals surface area contributed by atoms with Crippen LogP contribution in [0.4, 0.5) is 0 Å². The van der Waals surface area contributed by atoms with Crippen LogP contribution in [0.5, 0.6) is 0 Å². The molecule has 0 aliphatic heterocycles. The van der Waals surface area contributed by atoms with Crippen molar-refractivity contribution in [3.05, 3.63) is 70.7 Å². The number of benzene rings is 3. The van der Waals surface area contributed by atoms with Gasteiger partial charge in [-0.1, -0.05) is 65.7 Å². The molecule has 0 saturated carbocycles. The highest BCUT2D eigenvalue weighted by Crippen LogP contribution is 2.35. The molecular weight excluding hydrogens is 278 g/mol. The van der Waals surface area contributed by atoms with E-state index in [0.717, 1.165) is 17.0 Å². The Balaban J connectivity index is 2.30. The maximum absolute atomic E-state index is 6.34. The fraction of sp³-hybridized carbons (Fsp3) is 0.158. The van der Waals surface area contributed by atoms with E-state index < -0.39 is 0 Å². The van der Waals surface area contributed by atoms with Gasteiger partial charge in [0.2, 0.25) is 0 Å². The van der Waals surface area contributed by atoms with Gasteiger partial charge in [0.15, 0.2) is 0 Å². The van der Waals surface area contributed by atoms with Gasteiger partial charge in [0.1, 0.15) is 0 Å². The average molecular weight is 296 g/mol. The van der Waals surface area contributed by atoms with E-state index in [1.54, 1.807) is 0 Å². The molecule has 0 fully saturated rings. The fourth-order valence-corrected chi connectivity index (χ4v) is 3.01.